The lowest BCUT2D eigenvalue weighted by atomic mass is 10.1. The van der Waals surface area contributed by atoms with Crippen molar-refractivity contribution in [2.24, 2.45) is 0 Å². The second-order valence-corrected chi connectivity index (χ2v) is 4.11. The molecule has 0 aliphatic heterocycles. The first-order valence-corrected chi connectivity index (χ1v) is 5.61. The molecular weight excluding hydrogens is 164 g/mol. The van der Waals surface area contributed by atoms with E-state index >= 15 is 0 Å². The zero-order chi connectivity index (χ0) is 9.23. The molecule has 0 aromatic heterocycles. The van der Waals surface area contributed by atoms with Crippen LogP contribution in [-0.2, 0) is 0 Å². The second kappa shape index (κ2) is 9.18. The van der Waals surface area contributed by atoms with Crippen LogP contribution < -0.4 is 0 Å². The predicted molar refractivity (Wildman–Crippen MR) is 61.0 cm³/mol. The van der Waals surface area contributed by atoms with Gasteiger partial charge in [0.25, 0.3) is 0 Å². The largest absolute Gasteiger partial charge is 0.176 e. The quantitative estimate of drug-likeness (QED) is 0.327. The van der Waals surface area contributed by atoms with Crippen LogP contribution in [0, 0.1) is 0 Å². The van der Waals surface area contributed by atoms with Gasteiger partial charge in [0.2, 0.25) is 0 Å². The van der Waals surface area contributed by atoms with Gasteiger partial charge < -0.3 is 0 Å². The van der Waals surface area contributed by atoms with Crippen molar-refractivity contribution >= 4 is 12.6 Å². The lowest BCUT2D eigenvalue weighted by Gasteiger charge is -2.06. The highest BCUT2D eigenvalue weighted by atomic mass is 32.1. The molecule has 0 saturated carbocycles. The third kappa shape index (κ3) is 8.19. The summed E-state index contributed by atoms with van der Waals surface area (Å²) in [6, 6.07) is 0. The van der Waals surface area contributed by atoms with Crippen LogP contribution in [0.2, 0.25) is 0 Å². The lowest BCUT2D eigenvalue weighted by Crippen LogP contribution is -1.95. The summed E-state index contributed by atoms with van der Waals surface area (Å²) in [7, 11) is 0. The summed E-state index contributed by atoms with van der Waals surface area (Å²) < 4.78 is 0. The van der Waals surface area contributed by atoms with Crippen LogP contribution in [0.1, 0.15) is 51.9 Å². The van der Waals surface area contributed by atoms with E-state index in [9.17, 15) is 0 Å². The van der Waals surface area contributed by atoms with Crippen LogP contribution in [0.4, 0.5) is 0 Å². The number of rotatable bonds is 8. The molecule has 0 aromatic carbocycles. The molecule has 0 aliphatic rings. The van der Waals surface area contributed by atoms with Crippen molar-refractivity contribution in [2.75, 3.05) is 0 Å². The second-order valence-electron chi connectivity index (χ2n) is 3.38. The highest BCUT2D eigenvalue weighted by Gasteiger charge is 1.98. The zero-order valence-corrected chi connectivity index (χ0v) is 9.15. The minimum atomic E-state index is 0.545. The third-order valence-electron chi connectivity index (χ3n) is 2.08. The van der Waals surface area contributed by atoms with Gasteiger partial charge in [-0.1, -0.05) is 45.1 Å². The Morgan fingerprint density at radius 1 is 1.25 bits per heavy atom. The number of allylic oxidation sites excluding steroid dienone is 1. The minimum Gasteiger partial charge on any atom is -0.176 e. The van der Waals surface area contributed by atoms with Gasteiger partial charge >= 0.3 is 0 Å². The van der Waals surface area contributed by atoms with E-state index in [2.05, 4.69) is 26.1 Å². The van der Waals surface area contributed by atoms with Crippen molar-refractivity contribution in [3.63, 3.8) is 0 Å². The molecule has 0 radical (unpaired) electrons. The summed E-state index contributed by atoms with van der Waals surface area (Å²) in [4.78, 5) is 0. The van der Waals surface area contributed by atoms with Crippen LogP contribution in [0.5, 0.6) is 0 Å². The Balaban J connectivity index is 3.02. The molecule has 0 amide bonds. The Morgan fingerprint density at radius 2 is 1.92 bits per heavy atom. The summed E-state index contributed by atoms with van der Waals surface area (Å²) in [6.45, 7) is 5.96. The van der Waals surface area contributed by atoms with Crippen LogP contribution in [-0.4, -0.2) is 5.25 Å². The molecule has 1 atom stereocenters. The molecule has 1 unspecified atom stereocenters. The lowest BCUT2D eigenvalue weighted by molar-refractivity contribution is 0.599. The van der Waals surface area contributed by atoms with Crippen LogP contribution >= 0.6 is 12.6 Å². The van der Waals surface area contributed by atoms with E-state index in [0.717, 1.165) is 6.42 Å². The van der Waals surface area contributed by atoms with Gasteiger partial charge in [0.15, 0.2) is 0 Å². The average molecular weight is 186 g/mol. The van der Waals surface area contributed by atoms with Crippen molar-refractivity contribution in [3.8, 4) is 0 Å². The number of hydrogen-bond acceptors (Lipinski definition) is 1. The van der Waals surface area contributed by atoms with E-state index in [-0.39, 0.29) is 0 Å². The third-order valence-corrected chi connectivity index (χ3v) is 2.55. The molecule has 0 saturated heterocycles. The molecule has 0 bridgehead atoms. The normalized spacial score (nSPS) is 12.8. The molecule has 12 heavy (non-hydrogen) atoms. The molecular formula is C11H22S. The number of thiol groups is 1. The summed E-state index contributed by atoms with van der Waals surface area (Å²) in [5, 5.41) is 0.545. The van der Waals surface area contributed by atoms with Crippen molar-refractivity contribution in [1.29, 1.82) is 0 Å². The molecule has 72 valence electrons. The monoisotopic (exact) mass is 186 g/mol. The van der Waals surface area contributed by atoms with E-state index < -0.39 is 0 Å². The van der Waals surface area contributed by atoms with Gasteiger partial charge in [0, 0.05) is 5.25 Å². The van der Waals surface area contributed by atoms with Gasteiger partial charge in [-0.25, -0.2) is 0 Å². The molecule has 0 N–H and O–H groups in total. The molecule has 0 aliphatic carbocycles. The maximum Gasteiger partial charge on any atom is 0.00512 e. The van der Waals surface area contributed by atoms with Crippen molar-refractivity contribution in [3.05, 3.63) is 12.7 Å². The molecule has 0 nitrogen and oxygen atoms in total. The SMILES string of the molecule is C=CCC(S)CCCCCCC. The smallest absolute Gasteiger partial charge is 0.00512 e. The summed E-state index contributed by atoms with van der Waals surface area (Å²) in [5.41, 5.74) is 0. The first kappa shape index (κ1) is 12.1. The van der Waals surface area contributed by atoms with Crippen LogP contribution in [0.15, 0.2) is 12.7 Å². The van der Waals surface area contributed by atoms with Gasteiger partial charge in [0.05, 0.1) is 0 Å². The summed E-state index contributed by atoms with van der Waals surface area (Å²) in [5.74, 6) is 0. The van der Waals surface area contributed by atoms with Gasteiger partial charge in [-0.15, -0.1) is 6.58 Å². The first-order chi connectivity index (χ1) is 5.81. The van der Waals surface area contributed by atoms with Gasteiger partial charge in [-0.05, 0) is 12.8 Å². The zero-order valence-electron chi connectivity index (χ0n) is 8.26. The van der Waals surface area contributed by atoms with E-state index in [4.69, 9.17) is 0 Å². The fraction of sp³-hybridized carbons (Fsp3) is 0.818. The molecule has 1 heteroatoms. The van der Waals surface area contributed by atoms with Gasteiger partial charge in [-0.2, -0.15) is 12.6 Å². The minimum absolute atomic E-state index is 0.545. The summed E-state index contributed by atoms with van der Waals surface area (Å²) >= 11 is 4.46. The fourth-order valence-electron chi connectivity index (χ4n) is 1.29. The molecule has 0 aromatic rings. The maximum absolute atomic E-state index is 4.46. The Bertz CT molecular complexity index is 99.2. The van der Waals surface area contributed by atoms with Crippen molar-refractivity contribution in [2.45, 2.75) is 57.1 Å². The van der Waals surface area contributed by atoms with Crippen LogP contribution in [0.25, 0.3) is 0 Å². The average Bonchev–Trinajstić information content (AvgIpc) is 2.05. The Morgan fingerprint density at radius 3 is 2.50 bits per heavy atom. The van der Waals surface area contributed by atoms with Crippen molar-refractivity contribution < 1.29 is 0 Å². The Labute approximate surface area is 82.9 Å². The van der Waals surface area contributed by atoms with Gasteiger partial charge in [-0.3, -0.25) is 0 Å². The molecule has 0 heterocycles. The standard InChI is InChI=1S/C11H22S/c1-3-5-6-7-8-10-11(12)9-4-2/h4,11-12H,2-3,5-10H2,1H3. The highest BCUT2D eigenvalue weighted by molar-refractivity contribution is 7.80. The predicted octanol–water partition coefficient (Wildman–Crippen LogP) is 4.22. The van der Waals surface area contributed by atoms with Gasteiger partial charge in [0.1, 0.15) is 0 Å². The van der Waals surface area contributed by atoms with Crippen LogP contribution in [0.3, 0.4) is 0 Å². The Kier molecular flexibility index (Phi) is 9.25. The van der Waals surface area contributed by atoms with E-state index in [0.29, 0.717) is 5.25 Å². The van der Waals surface area contributed by atoms with E-state index in [1.165, 1.54) is 38.5 Å². The molecule has 0 rings (SSSR count). The summed E-state index contributed by atoms with van der Waals surface area (Å²) in [6.07, 6.45) is 11.1. The number of hydrogen-bond donors (Lipinski definition) is 1. The van der Waals surface area contributed by atoms with Crippen molar-refractivity contribution in [1.82, 2.24) is 0 Å². The molecule has 0 spiro atoms. The maximum atomic E-state index is 4.46. The Hall–Kier alpha value is 0.0900. The number of unbranched alkanes of at least 4 members (excludes halogenated alkanes) is 4. The van der Waals surface area contributed by atoms with E-state index in [1.54, 1.807) is 0 Å². The first-order valence-electron chi connectivity index (χ1n) is 5.10. The topological polar surface area (TPSA) is 0 Å². The van der Waals surface area contributed by atoms with E-state index in [1.807, 2.05) is 6.08 Å². The highest BCUT2D eigenvalue weighted by Crippen LogP contribution is 2.13. The molecule has 0 fully saturated rings. The fourth-order valence-corrected chi connectivity index (χ4v) is 1.63.